The summed E-state index contributed by atoms with van der Waals surface area (Å²) in [4.78, 5) is 22.4. The molecule has 2 aromatic heterocycles. The number of ether oxygens (including phenoxy) is 1. The summed E-state index contributed by atoms with van der Waals surface area (Å²) in [5.41, 5.74) is 1.70. The second-order valence-corrected chi connectivity index (χ2v) is 5.10. The predicted molar refractivity (Wildman–Crippen MR) is 88.1 cm³/mol. The minimum Gasteiger partial charge on any atom is -0.478 e. The van der Waals surface area contributed by atoms with Crippen LogP contribution in [0.25, 0.3) is 0 Å². The third kappa shape index (κ3) is 4.42. The van der Waals surface area contributed by atoms with E-state index in [9.17, 15) is 4.79 Å². The monoisotopic (exact) mass is 314 g/mol. The topological polar surface area (TPSA) is 67.3 Å². The van der Waals surface area contributed by atoms with Gasteiger partial charge >= 0.3 is 6.03 Å². The van der Waals surface area contributed by atoms with Gasteiger partial charge in [-0.05, 0) is 32.0 Å². The molecule has 2 heterocycles. The van der Waals surface area contributed by atoms with Crippen LogP contribution in [-0.2, 0) is 6.54 Å². The number of rotatable bonds is 6. The molecule has 1 atom stereocenters. The van der Waals surface area contributed by atoms with Crippen LogP contribution in [-0.4, -0.2) is 34.6 Å². The Morgan fingerprint density at radius 1 is 1.26 bits per heavy atom. The molecule has 0 aliphatic carbocycles. The molecule has 0 spiro atoms. The molecule has 1 unspecified atom stereocenters. The minimum atomic E-state index is -0.172. The lowest BCUT2D eigenvalue weighted by molar-refractivity contribution is 0.193. The lowest BCUT2D eigenvalue weighted by atomic mass is 10.2. The molecule has 2 aromatic rings. The molecule has 0 aliphatic heterocycles. The summed E-state index contributed by atoms with van der Waals surface area (Å²) in [5.74, 6) is 0.552. The number of pyridine rings is 2. The van der Waals surface area contributed by atoms with E-state index in [1.807, 2.05) is 44.2 Å². The molecule has 0 fully saturated rings. The SMILES string of the molecule is CCOc1ncccc1CNC(=O)N(C)C(C)c1ccccn1. The lowest BCUT2D eigenvalue weighted by Crippen LogP contribution is -2.38. The average molecular weight is 314 g/mol. The number of hydrogen-bond acceptors (Lipinski definition) is 4. The van der Waals surface area contributed by atoms with Gasteiger partial charge in [-0.2, -0.15) is 0 Å². The van der Waals surface area contributed by atoms with Gasteiger partial charge in [-0.3, -0.25) is 4.98 Å². The first-order valence-electron chi connectivity index (χ1n) is 7.61. The molecular formula is C17H22N4O2. The van der Waals surface area contributed by atoms with Crippen molar-refractivity contribution in [3.63, 3.8) is 0 Å². The van der Waals surface area contributed by atoms with Crippen LogP contribution in [0.5, 0.6) is 5.88 Å². The predicted octanol–water partition coefficient (Wildman–Crippen LogP) is 2.78. The number of carbonyl (C=O) groups excluding carboxylic acids is 1. The maximum absolute atomic E-state index is 12.3. The first kappa shape index (κ1) is 16.7. The van der Waals surface area contributed by atoms with E-state index in [0.29, 0.717) is 19.0 Å². The van der Waals surface area contributed by atoms with Gasteiger partial charge in [0, 0.05) is 31.5 Å². The van der Waals surface area contributed by atoms with E-state index >= 15 is 0 Å². The number of hydrogen-bond donors (Lipinski definition) is 1. The summed E-state index contributed by atoms with van der Waals surface area (Å²) >= 11 is 0. The van der Waals surface area contributed by atoms with Crippen LogP contribution in [0.2, 0.25) is 0 Å². The highest BCUT2D eigenvalue weighted by molar-refractivity contribution is 5.74. The van der Waals surface area contributed by atoms with Gasteiger partial charge in [0.15, 0.2) is 0 Å². The van der Waals surface area contributed by atoms with Crippen LogP contribution in [0.15, 0.2) is 42.7 Å². The fourth-order valence-corrected chi connectivity index (χ4v) is 2.12. The van der Waals surface area contributed by atoms with Gasteiger partial charge in [0.2, 0.25) is 5.88 Å². The number of nitrogens with one attached hydrogen (secondary N) is 1. The van der Waals surface area contributed by atoms with Crippen molar-refractivity contribution in [2.75, 3.05) is 13.7 Å². The molecule has 0 bridgehead atoms. The molecule has 0 saturated carbocycles. The maximum atomic E-state index is 12.3. The van der Waals surface area contributed by atoms with E-state index in [1.165, 1.54) is 0 Å². The van der Waals surface area contributed by atoms with Crippen LogP contribution >= 0.6 is 0 Å². The number of aromatic nitrogens is 2. The van der Waals surface area contributed by atoms with E-state index in [0.717, 1.165) is 11.3 Å². The Balaban J connectivity index is 1.97. The smallest absolute Gasteiger partial charge is 0.317 e. The first-order chi connectivity index (χ1) is 11.1. The molecule has 0 aliphatic rings. The van der Waals surface area contributed by atoms with E-state index in [1.54, 1.807) is 24.3 Å². The number of amides is 2. The molecule has 0 aromatic carbocycles. The van der Waals surface area contributed by atoms with E-state index in [4.69, 9.17) is 4.74 Å². The zero-order chi connectivity index (χ0) is 16.7. The van der Waals surface area contributed by atoms with Gasteiger partial charge in [0.1, 0.15) is 0 Å². The van der Waals surface area contributed by atoms with Crippen molar-refractivity contribution in [2.45, 2.75) is 26.4 Å². The Bertz CT molecular complexity index is 634. The largest absolute Gasteiger partial charge is 0.478 e. The summed E-state index contributed by atoms with van der Waals surface area (Å²) in [5, 5.41) is 2.89. The van der Waals surface area contributed by atoms with Gasteiger partial charge in [0.25, 0.3) is 0 Å². The van der Waals surface area contributed by atoms with Gasteiger partial charge in [-0.25, -0.2) is 9.78 Å². The van der Waals surface area contributed by atoms with Crippen molar-refractivity contribution in [3.05, 3.63) is 54.0 Å². The lowest BCUT2D eigenvalue weighted by Gasteiger charge is -2.25. The molecule has 2 rings (SSSR count). The number of carbonyl (C=O) groups is 1. The van der Waals surface area contributed by atoms with Crippen molar-refractivity contribution in [2.24, 2.45) is 0 Å². The third-order valence-corrected chi connectivity index (χ3v) is 3.58. The molecule has 6 heteroatoms. The van der Waals surface area contributed by atoms with Crippen molar-refractivity contribution >= 4 is 6.03 Å². The highest BCUT2D eigenvalue weighted by Gasteiger charge is 2.18. The standard InChI is InChI=1S/C17H22N4O2/c1-4-23-16-14(8-7-11-19-16)12-20-17(22)21(3)13(2)15-9-5-6-10-18-15/h5-11,13H,4,12H2,1-3H3,(H,20,22). The Morgan fingerprint density at radius 2 is 2.04 bits per heavy atom. The highest BCUT2D eigenvalue weighted by Crippen LogP contribution is 2.17. The summed E-state index contributed by atoms with van der Waals surface area (Å²) in [6.07, 6.45) is 3.40. The van der Waals surface area contributed by atoms with Crippen LogP contribution in [0.4, 0.5) is 4.79 Å². The normalized spacial score (nSPS) is 11.6. The third-order valence-electron chi connectivity index (χ3n) is 3.58. The molecule has 2 amide bonds. The van der Waals surface area contributed by atoms with Crippen LogP contribution in [0.3, 0.4) is 0 Å². The second-order valence-electron chi connectivity index (χ2n) is 5.10. The quantitative estimate of drug-likeness (QED) is 0.890. The van der Waals surface area contributed by atoms with Crippen molar-refractivity contribution in [1.82, 2.24) is 20.2 Å². The molecule has 23 heavy (non-hydrogen) atoms. The molecule has 0 radical (unpaired) electrons. The number of urea groups is 1. The van der Waals surface area contributed by atoms with Crippen LogP contribution in [0.1, 0.15) is 31.1 Å². The fourth-order valence-electron chi connectivity index (χ4n) is 2.12. The van der Waals surface area contributed by atoms with E-state index in [-0.39, 0.29) is 12.1 Å². The van der Waals surface area contributed by atoms with Gasteiger partial charge in [-0.1, -0.05) is 12.1 Å². The van der Waals surface area contributed by atoms with Gasteiger partial charge in [0.05, 0.1) is 18.3 Å². The molecule has 6 nitrogen and oxygen atoms in total. The van der Waals surface area contributed by atoms with Crippen LogP contribution in [0, 0.1) is 0 Å². The van der Waals surface area contributed by atoms with E-state index in [2.05, 4.69) is 15.3 Å². The average Bonchev–Trinajstić information content (AvgIpc) is 2.60. The first-order valence-corrected chi connectivity index (χ1v) is 7.61. The minimum absolute atomic E-state index is 0.114. The Kier molecular flexibility index (Phi) is 5.91. The summed E-state index contributed by atoms with van der Waals surface area (Å²) in [6, 6.07) is 9.10. The highest BCUT2D eigenvalue weighted by atomic mass is 16.5. The Hall–Kier alpha value is -2.63. The fraction of sp³-hybridized carbons (Fsp3) is 0.353. The zero-order valence-corrected chi connectivity index (χ0v) is 13.7. The van der Waals surface area contributed by atoms with Crippen molar-refractivity contribution in [1.29, 1.82) is 0 Å². The molecule has 122 valence electrons. The zero-order valence-electron chi connectivity index (χ0n) is 13.7. The Morgan fingerprint density at radius 3 is 2.74 bits per heavy atom. The van der Waals surface area contributed by atoms with E-state index < -0.39 is 0 Å². The summed E-state index contributed by atoms with van der Waals surface area (Å²) in [7, 11) is 1.75. The second kappa shape index (κ2) is 8.12. The van der Waals surface area contributed by atoms with Gasteiger partial charge in [-0.15, -0.1) is 0 Å². The summed E-state index contributed by atoms with van der Waals surface area (Å²) < 4.78 is 5.46. The van der Waals surface area contributed by atoms with Crippen molar-refractivity contribution < 1.29 is 9.53 Å². The maximum Gasteiger partial charge on any atom is 0.317 e. The van der Waals surface area contributed by atoms with Gasteiger partial charge < -0.3 is 15.0 Å². The summed E-state index contributed by atoms with van der Waals surface area (Å²) in [6.45, 7) is 4.74. The number of nitrogens with zero attached hydrogens (tertiary/aromatic N) is 3. The molecular weight excluding hydrogens is 292 g/mol. The Labute approximate surface area is 136 Å². The molecule has 1 N–H and O–H groups in total. The molecule has 0 saturated heterocycles. The van der Waals surface area contributed by atoms with Crippen molar-refractivity contribution in [3.8, 4) is 5.88 Å². The van der Waals surface area contributed by atoms with Crippen LogP contribution < -0.4 is 10.1 Å².